The van der Waals surface area contributed by atoms with Gasteiger partial charge in [-0.3, -0.25) is 9.36 Å². The quantitative estimate of drug-likeness (QED) is 0.252. The molecule has 1 saturated carbocycles. The molecule has 0 spiro atoms. The zero-order valence-corrected chi connectivity index (χ0v) is 24.5. The van der Waals surface area contributed by atoms with Crippen molar-refractivity contribution in [3.8, 4) is 0 Å². The standard InChI is InChI=1S/C25H41N6O7P/c1-16(2)12-35-24(33)25(5,6)30-39(34,38-18(4)23(32)37-19-9-7-8-10-19)15-36-17(3)11-31-14-29-20-21(26)27-13-28-22(20)31/h13-14,16-19H,7-12,15H2,1-6H3,(H,30,34)(H2,26,27,28)/t17-,18+,39-/m1/s1. The average Bonchev–Trinajstić information content (AvgIpc) is 3.51. The molecule has 218 valence electrons. The zero-order chi connectivity index (χ0) is 28.8. The Balaban J connectivity index is 1.71. The van der Waals surface area contributed by atoms with Gasteiger partial charge in [-0.05, 0) is 59.3 Å². The number of nitrogens with two attached hydrogens (primary N) is 1. The van der Waals surface area contributed by atoms with E-state index in [1.165, 1.54) is 13.3 Å². The monoisotopic (exact) mass is 568 g/mol. The average molecular weight is 569 g/mol. The first-order valence-corrected chi connectivity index (χ1v) is 15.1. The van der Waals surface area contributed by atoms with E-state index < -0.39 is 43.6 Å². The summed E-state index contributed by atoms with van der Waals surface area (Å²) in [6.07, 6.45) is 4.28. The van der Waals surface area contributed by atoms with Crippen molar-refractivity contribution in [2.75, 3.05) is 18.7 Å². The van der Waals surface area contributed by atoms with Gasteiger partial charge < -0.3 is 29.0 Å². The Kier molecular flexibility index (Phi) is 10.4. The number of fused-ring (bicyclic) bond motifs is 1. The molecule has 0 radical (unpaired) electrons. The fraction of sp³-hybridized carbons (Fsp3) is 0.720. The molecule has 14 heteroatoms. The maximum atomic E-state index is 14.1. The maximum Gasteiger partial charge on any atom is 0.335 e. The number of ether oxygens (including phenoxy) is 3. The molecule has 1 aliphatic rings. The van der Waals surface area contributed by atoms with E-state index in [1.807, 2.05) is 13.8 Å². The highest BCUT2D eigenvalue weighted by atomic mass is 31.2. The summed E-state index contributed by atoms with van der Waals surface area (Å²) in [6, 6.07) is 0. The Morgan fingerprint density at radius 3 is 2.54 bits per heavy atom. The van der Waals surface area contributed by atoms with Crippen LogP contribution >= 0.6 is 7.52 Å². The van der Waals surface area contributed by atoms with Gasteiger partial charge in [-0.1, -0.05) is 13.8 Å². The van der Waals surface area contributed by atoms with E-state index in [9.17, 15) is 14.2 Å². The first-order chi connectivity index (χ1) is 18.3. The lowest BCUT2D eigenvalue weighted by Gasteiger charge is -2.31. The van der Waals surface area contributed by atoms with Crippen LogP contribution in [0.4, 0.5) is 5.82 Å². The number of nitrogens with zero attached hydrogens (tertiary/aromatic N) is 4. The molecule has 0 amide bonds. The number of aromatic nitrogens is 4. The van der Waals surface area contributed by atoms with Gasteiger partial charge in [-0.2, -0.15) is 0 Å². The zero-order valence-electron chi connectivity index (χ0n) is 23.6. The fourth-order valence-electron chi connectivity index (χ4n) is 4.14. The third-order valence-corrected chi connectivity index (χ3v) is 8.21. The van der Waals surface area contributed by atoms with Gasteiger partial charge in [0.15, 0.2) is 17.6 Å². The lowest BCUT2D eigenvalue weighted by molar-refractivity contribution is -0.156. The lowest BCUT2D eigenvalue weighted by Crippen LogP contribution is -2.47. The number of nitrogen functional groups attached to an aromatic ring is 1. The second-order valence-corrected chi connectivity index (χ2v) is 13.0. The van der Waals surface area contributed by atoms with E-state index in [4.69, 9.17) is 24.5 Å². The SMILES string of the molecule is CC(C)COC(=O)C(C)(C)N[P@@](=O)(CO[C@H](C)Cn1cnc2c(N)ncnc21)O[C@@H](C)C(=O)OC1CCCC1. The summed E-state index contributed by atoms with van der Waals surface area (Å²) in [6.45, 7) is 10.7. The molecule has 0 aromatic carbocycles. The molecule has 0 bridgehead atoms. The van der Waals surface area contributed by atoms with Gasteiger partial charge in [-0.25, -0.2) is 24.8 Å². The molecule has 1 fully saturated rings. The predicted octanol–water partition coefficient (Wildman–Crippen LogP) is 3.42. The number of hydrogen-bond donors (Lipinski definition) is 2. The van der Waals surface area contributed by atoms with Crippen molar-refractivity contribution in [3.63, 3.8) is 0 Å². The topological polar surface area (TPSA) is 170 Å². The van der Waals surface area contributed by atoms with Crippen LogP contribution in [0.5, 0.6) is 0 Å². The molecular formula is C25H41N6O7P. The molecule has 39 heavy (non-hydrogen) atoms. The number of carbonyl (C=O) groups is 2. The van der Waals surface area contributed by atoms with Gasteiger partial charge in [0.05, 0.1) is 25.6 Å². The second-order valence-electron chi connectivity index (χ2n) is 10.9. The van der Waals surface area contributed by atoms with Crippen LogP contribution < -0.4 is 10.8 Å². The summed E-state index contributed by atoms with van der Waals surface area (Å²) in [7, 11) is -3.94. The van der Waals surface area contributed by atoms with E-state index in [2.05, 4.69) is 20.0 Å². The number of hydrogen-bond acceptors (Lipinski definition) is 11. The van der Waals surface area contributed by atoms with Crippen LogP contribution in [-0.4, -0.2) is 68.3 Å². The lowest BCUT2D eigenvalue weighted by atomic mass is 10.1. The summed E-state index contributed by atoms with van der Waals surface area (Å²) in [5.74, 6) is -0.822. The van der Waals surface area contributed by atoms with Gasteiger partial charge in [0.25, 0.3) is 7.52 Å². The summed E-state index contributed by atoms with van der Waals surface area (Å²) >= 11 is 0. The van der Waals surface area contributed by atoms with Crippen molar-refractivity contribution < 1.29 is 32.9 Å². The highest BCUT2D eigenvalue weighted by Gasteiger charge is 2.41. The Labute approximate surface area is 229 Å². The predicted molar refractivity (Wildman–Crippen MR) is 145 cm³/mol. The van der Waals surface area contributed by atoms with Crippen molar-refractivity contribution in [2.45, 2.75) is 97.6 Å². The number of rotatable bonds is 14. The van der Waals surface area contributed by atoms with Crippen LogP contribution in [0.15, 0.2) is 12.7 Å². The number of nitrogens with one attached hydrogen (secondary N) is 1. The normalized spacial score (nSPS) is 17.7. The van der Waals surface area contributed by atoms with E-state index in [0.717, 1.165) is 25.7 Å². The van der Waals surface area contributed by atoms with Gasteiger partial charge in [-0.15, -0.1) is 0 Å². The minimum atomic E-state index is -3.94. The number of imidazole rings is 1. The Hall–Kier alpha value is -2.60. The molecule has 0 unspecified atom stereocenters. The smallest absolute Gasteiger partial charge is 0.335 e. The van der Waals surface area contributed by atoms with Crippen molar-refractivity contribution in [1.82, 2.24) is 24.6 Å². The molecule has 3 N–H and O–H groups in total. The van der Waals surface area contributed by atoms with E-state index >= 15 is 0 Å². The summed E-state index contributed by atoms with van der Waals surface area (Å²) in [5, 5.41) is 2.79. The van der Waals surface area contributed by atoms with Crippen molar-refractivity contribution in [1.29, 1.82) is 0 Å². The Morgan fingerprint density at radius 1 is 1.18 bits per heavy atom. The molecule has 3 rings (SSSR count). The van der Waals surface area contributed by atoms with Crippen LogP contribution in [0.25, 0.3) is 11.2 Å². The van der Waals surface area contributed by atoms with Crippen molar-refractivity contribution in [3.05, 3.63) is 12.7 Å². The van der Waals surface area contributed by atoms with Crippen LogP contribution in [0.2, 0.25) is 0 Å². The van der Waals surface area contributed by atoms with E-state index in [0.29, 0.717) is 17.7 Å². The van der Waals surface area contributed by atoms with Crippen molar-refractivity contribution >= 4 is 36.4 Å². The summed E-state index contributed by atoms with van der Waals surface area (Å²) in [5.41, 5.74) is 5.48. The third-order valence-electron chi connectivity index (χ3n) is 6.17. The number of carbonyl (C=O) groups excluding carboxylic acids is 2. The highest BCUT2D eigenvalue weighted by Crippen LogP contribution is 2.46. The third kappa shape index (κ3) is 8.69. The Bertz CT molecular complexity index is 1180. The molecule has 0 aliphatic heterocycles. The van der Waals surface area contributed by atoms with Gasteiger partial charge in [0, 0.05) is 0 Å². The summed E-state index contributed by atoms with van der Waals surface area (Å²) < 4.78 is 38.4. The minimum absolute atomic E-state index is 0.127. The van der Waals surface area contributed by atoms with Gasteiger partial charge >= 0.3 is 11.9 Å². The molecular weight excluding hydrogens is 527 g/mol. The van der Waals surface area contributed by atoms with E-state index in [-0.39, 0.29) is 24.4 Å². The second kappa shape index (κ2) is 13.2. The van der Waals surface area contributed by atoms with Crippen LogP contribution in [0.3, 0.4) is 0 Å². The van der Waals surface area contributed by atoms with Crippen molar-refractivity contribution in [2.24, 2.45) is 5.92 Å². The van der Waals surface area contributed by atoms with Crippen LogP contribution in [0.1, 0.15) is 67.2 Å². The molecule has 1 aliphatic carbocycles. The summed E-state index contributed by atoms with van der Waals surface area (Å²) in [4.78, 5) is 37.9. The van der Waals surface area contributed by atoms with Gasteiger partial charge in [0.2, 0.25) is 0 Å². The number of anilines is 1. The molecule has 2 aromatic rings. The molecule has 13 nitrogen and oxygen atoms in total. The molecule has 0 saturated heterocycles. The fourth-order valence-corrected chi connectivity index (χ4v) is 6.30. The largest absolute Gasteiger partial charge is 0.464 e. The molecule has 2 aromatic heterocycles. The minimum Gasteiger partial charge on any atom is -0.464 e. The van der Waals surface area contributed by atoms with Crippen LogP contribution in [-0.2, 0) is 39.4 Å². The molecule has 3 atom stereocenters. The highest BCUT2D eigenvalue weighted by molar-refractivity contribution is 7.56. The Morgan fingerprint density at radius 2 is 1.87 bits per heavy atom. The van der Waals surface area contributed by atoms with Gasteiger partial charge in [0.1, 0.15) is 29.8 Å². The first kappa shape index (κ1) is 30.9. The first-order valence-electron chi connectivity index (χ1n) is 13.3. The van der Waals surface area contributed by atoms with E-state index in [1.54, 1.807) is 31.7 Å². The van der Waals surface area contributed by atoms with Crippen LogP contribution in [0, 0.1) is 5.92 Å². The maximum absolute atomic E-state index is 14.1. The number of esters is 2. The molecule has 2 heterocycles.